The molecule has 1 nitrogen and oxygen atoms in total. The average molecular weight is 149 g/mol. The first kappa shape index (κ1) is 5.98. The van der Waals surface area contributed by atoms with E-state index in [4.69, 9.17) is 0 Å². The van der Waals surface area contributed by atoms with Crippen LogP contribution in [0.4, 0.5) is 0 Å². The topological polar surface area (TPSA) is 17.1 Å². The van der Waals surface area contributed by atoms with E-state index in [-0.39, 0.29) is 5.12 Å². The number of carbonyl (C=O) groups is 1. The molecule has 1 aromatic carbocycles. The second-order valence-electron chi connectivity index (χ2n) is 2.18. The van der Waals surface area contributed by atoms with Gasteiger partial charge in [-0.2, -0.15) is 0 Å². The van der Waals surface area contributed by atoms with Crippen LogP contribution in [0, 0.1) is 6.07 Å². The summed E-state index contributed by atoms with van der Waals surface area (Å²) < 4.78 is 0. The van der Waals surface area contributed by atoms with Crippen molar-refractivity contribution in [3.8, 4) is 0 Å². The lowest BCUT2D eigenvalue weighted by Gasteiger charge is -1.89. The summed E-state index contributed by atoms with van der Waals surface area (Å²) in [6, 6.07) is 8.75. The molecule has 0 saturated heterocycles. The van der Waals surface area contributed by atoms with E-state index in [2.05, 4.69) is 6.07 Å². The van der Waals surface area contributed by atoms with Crippen molar-refractivity contribution < 1.29 is 4.79 Å². The minimum absolute atomic E-state index is 0.234. The summed E-state index contributed by atoms with van der Waals surface area (Å²) in [6.07, 6.45) is 0.581. The van der Waals surface area contributed by atoms with Gasteiger partial charge in [0.2, 0.25) is 0 Å². The molecule has 1 aromatic rings. The van der Waals surface area contributed by atoms with Gasteiger partial charge in [0.15, 0.2) is 5.12 Å². The van der Waals surface area contributed by atoms with E-state index in [1.165, 1.54) is 11.8 Å². The molecule has 0 atom stereocenters. The van der Waals surface area contributed by atoms with Crippen molar-refractivity contribution in [1.82, 2.24) is 0 Å². The zero-order chi connectivity index (χ0) is 6.97. The van der Waals surface area contributed by atoms with Crippen LogP contribution in [0.15, 0.2) is 23.1 Å². The second kappa shape index (κ2) is 2.13. The standard InChI is InChI=1S/C8H5OS/c9-8-5-6-3-1-2-4-7(6)10-8/h1-3H,5H2. The lowest BCUT2D eigenvalue weighted by atomic mass is 10.2. The van der Waals surface area contributed by atoms with E-state index in [9.17, 15) is 4.79 Å². The molecule has 0 saturated carbocycles. The third-order valence-electron chi connectivity index (χ3n) is 1.45. The minimum atomic E-state index is 0.234. The first-order valence-electron chi connectivity index (χ1n) is 3.06. The Kier molecular flexibility index (Phi) is 1.27. The van der Waals surface area contributed by atoms with Gasteiger partial charge in [-0.15, -0.1) is 0 Å². The van der Waals surface area contributed by atoms with Gasteiger partial charge in [-0.1, -0.05) is 30.0 Å². The molecule has 0 amide bonds. The van der Waals surface area contributed by atoms with Gasteiger partial charge in [0.1, 0.15) is 0 Å². The van der Waals surface area contributed by atoms with Crippen LogP contribution < -0.4 is 0 Å². The minimum Gasteiger partial charge on any atom is -0.286 e. The van der Waals surface area contributed by atoms with Crippen LogP contribution in [0.1, 0.15) is 5.56 Å². The monoisotopic (exact) mass is 149 g/mol. The third kappa shape index (κ3) is 0.847. The number of hydrogen-bond acceptors (Lipinski definition) is 2. The fourth-order valence-corrected chi connectivity index (χ4v) is 1.85. The SMILES string of the molecule is O=C1Cc2ccc[c]c2S1. The number of fused-ring (bicyclic) bond motifs is 1. The largest absolute Gasteiger partial charge is 0.286 e. The Morgan fingerprint density at radius 3 is 3.30 bits per heavy atom. The number of rotatable bonds is 0. The highest BCUT2D eigenvalue weighted by Gasteiger charge is 2.17. The molecule has 49 valence electrons. The molecular formula is C8H5OS. The van der Waals surface area contributed by atoms with E-state index in [1.807, 2.05) is 18.2 Å². The first-order valence-corrected chi connectivity index (χ1v) is 3.88. The summed E-state index contributed by atoms with van der Waals surface area (Å²) in [5, 5.41) is 0.234. The van der Waals surface area contributed by atoms with Crippen LogP contribution in [-0.2, 0) is 11.2 Å². The van der Waals surface area contributed by atoms with E-state index < -0.39 is 0 Å². The van der Waals surface area contributed by atoms with E-state index in [0.717, 1.165) is 10.5 Å². The maximum absolute atomic E-state index is 10.8. The molecule has 0 fully saturated rings. The first-order chi connectivity index (χ1) is 4.86. The van der Waals surface area contributed by atoms with Gasteiger partial charge in [0.05, 0.1) is 0 Å². The molecule has 10 heavy (non-hydrogen) atoms. The quantitative estimate of drug-likeness (QED) is 0.558. The smallest absolute Gasteiger partial charge is 0.198 e. The summed E-state index contributed by atoms with van der Waals surface area (Å²) in [6.45, 7) is 0. The van der Waals surface area contributed by atoms with Crippen molar-refractivity contribution in [2.75, 3.05) is 0 Å². The lowest BCUT2D eigenvalue weighted by molar-refractivity contribution is -0.110. The zero-order valence-electron chi connectivity index (χ0n) is 5.26. The van der Waals surface area contributed by atoms with Crippen molar-refractivity contribution in [1.29, 1.82) is 0 Å². The molecule has 2 rings (SSSR count). The molecule has 0 bridgehead atoms. The Morgan fingerprint density at radius 2 is 2.50 bits per heavy atom. The molecule has 0 aromatic heterocycles. The van der Waals surface area contributed by atoms with Crippen LogP contribution in [0.5, 0.6) is 0 Å². The molecule has 1 heterocycles. The van der Waals surface area contributed by atoms with Gasteiger partial charge in [0, 0.05) is 11.3 Å². The normalized spacial score (nSPS) is 15.4. The number of benzene rings is 1. The Hall–Kier alpha value is -0.760. The van der Waals surface area contributed by atoms with Crippen LogP contribution in [0.2, 0.25) is 0 Å². The second-order valence-corrected chi connectivity index (χ2v) is 3.24. The Bertz CT molecular complexity index is 253. The Morgan fingerprint density at radius 1 is 1.60 bits per heavy atom. The van der Waals surface area contributed by atoms with Crippen LogP contribution in [0.3, 0.4) is 0 Å². The van der Waals surface area contributed by atoms with Gasteiger partial charge >= 0.3 is 0 Å². The molecule has 2 heteroatoms. The summed E-state index contributed by atoms with van der Waals surface area (Å²) in [7, 11) is 0. The third-order valence-corrected chi connectivity index (χ3v) is 2.41. The summed E-state index contributed by atoms with van der Waals surface area (Å²) in [5.74, 6) is 0. The molecular weight excluding hydrogens is 144 g/mol. The van der Waals surface area contributed by atoms with Crippen molar-refractivity contribution in [2.45, 2.75) is 11.3 Å². The van der Waals surface area contributed by atoms with E-state index >= 15 is 0 Å². The van der Waals surface area contributed by atoms with Crippen molar-refractivity contribution in [3.63, 3.8) is 0 Å². The fourth-order valence-electron chi connectivity index (χ4n) is 0.996. The van der Waals surface area contributed by atoms with Crippen molar-refractivity contribution >= 4 is 16.9 Å². The molecule has 0 aliphatic carbocycles. The molecule has 1 aliphatic heterocycles. The highest BCUT2D eigenvalue weighted by Crippen LogP contribution is 2.31. The zero-order valence-corrected chi connectivity index (χ0v) is 6.07. The Balaban J connectivity index is 2.51. The molecule has 0 spiro atoms. The van der Waals surface area contributed by atoms with Gasteiger partial charge in [-0.05, 0) is 11.6 Å². The highest BCUT2D eigenvalue weighted by atomic mass is 32.2. The Labute approximate surface area is 63.4 Å². The maximum Gasteiger partial charge on any atom is 0.198 e. The highest BCUT2D eigenvalue weighted by molar-refractivity contribution is 8.14. The summed E-state index contributed by atoms with van der Waals surface area (Å²) in [4.78, 5) is 11.8. The van der Waals surface area contributed by atoms with E-state index in [0.29, 0.717) is 6.42 Å². The molecule has 1 radical (unpaired) electrons. The van der Waals surface area contributed by atoms with Gasteiger partial charge in [-0.3, -0.25) is 4.79 Å². The van der Waals surface area contributed by atoms with Crippen LogP contribution >= 0.6 is 11.8 Å². The van der Waals surface area contributed by atoms with Crippen LogP contribution in [0.25, 0.3) is 0 Å². The van der Waals surface area contributed by atoms with E-state index in [1.54, 1.807) is 0 Å². The predicted octanol–water partition coefficient (Wildman–Crippen LogP) is 1.66. The van der Waals surface area contributed by atoms with Crippen LogP contribution in [-0.4, -0.2) is 5.12 Å². The van der Waals surface area contributed by atoms with Crippen molar-refractivity contribution in [2.24, 2.45) is 0 Å². The summed E-state index contributed by atoms with van der Waals surface area (Å²) in [5.41, 5.74) is 1.12. The van der Waals surface area contributed by atoms with Crippen molar-refractivity contribution in [3.05, 3.63) is 29.8 Å². The molecule has 0 unspecified atom stereocenters. The number of hydrogen-bond donors (Lipinski definition) is 0. The average Bonchev–Trinajstić information content (AvgIpc) is 2.27. The lowest BCUT2D eigenvalue weighted by Crippen LogP contribution is -1.85. The van der Waals surface area contributed by atoms with Gasteiger partial charge < -0.3 is 0 Å². The fraction of sp³-hybridized carbons (Fsp3) is 0.125. The van der Waals surface area contributed by atoms with Gasteiger partial charge in [0.25, 0.3) is 0 Å². The molecule has 1 aliphatic rings. The number of thioether (sulfide) groups is 1. The summed E-state index contributed by atoms with van der Waals surface area (Å²) >= 11 is 1.30. The van der Waals surface area contributed by atoms with Gasteiger partial charge in [-0.25, -0.2) is 0 Å². The molecule has 0 N–H and O–H groups in total. The number of carbonyl (C=O) groups excluding carboxylic acids is 1. The maximum atomic E-state index is 10.8. The predicted molar refractivity (Wildman–Crippen MR) is 39.8 cm³/mol.